The molecule has 0 unspecified atom stereocenters. The molecule has 2 N–H and O–H groups in total. The van der Waals surface area contributed by atoms with E-state index in [1.54, 1.807) is 24.5 Å². The van der Waals surface area contributed by atoms with Gasteiger partial charge in [0.15, 0.2) is 0 Å². The van der Waals surface area contributed by atoms with Crippen molar-refractivity contribution in [3.63, 3.8) is 0 Å². The van der Waals surface area contributed by atoms with Crippen LogP contribution < -0.4 is 10.6 Å². The van der Waals surface area contributed by atoms with Crippen molar-refractivity contribution in [2.24, 2.45) is 0 Å². The summed E-state index contributed by atoms with van der Waals surface area (Å²) in [7, 11) is -3.72. The largest absolute Gasteiger partial charge is 0.379 e. The number of carbonyl (C=O) groups excluding carboxylic acids is 1. The van der Waals surface area contributed by atoms with Crippen molar-refractivity contribution in [2.75, 3.05) is 31.6 Å². The maximum Gasteiger partial charge on any atom is 0.263 e. The van der Waals surface area contributed by atoms with Crippen molar-refractivity contribution in [1.29, 1.82) is 5.26 Å². The smallest absolute Gasteiger partial charge is 0.263 e. The normalized spacial score (nSPS) is 15.2. The Kier molecular flexibility index (Phi) is 7.59. The van der Waals surface area contributed by atoms with Crippen molar-refractivity contribution in [2.45, 2.75) is 11.4 Å². The van der Waals surface area contributed by atoms with Gasteiger partial charge in [0.1, 0.15) is 11.6 Å². The van der Waals surface area contributed by atoms with E-state index in [4.69, 9.17) is 16.3 Å². The molecule has 0 atom stereocenters. The number of nitrogens with zero attached hydrogens (tertiary/aromatic N) is 3. The summed E-state index contributed by atoms with van der Waals surface area (Å²) in [6, 6.07) is 9.57. The van der Waals surface area contributed by atoms with Gasteiger partial charge in [-0.2, -0.15) is 9.57 Å². The van der Waals surface area contributed by atoms with Gasteiger partial charge in [0.2, 0.25) is 10.0 Å². The number of aromatic nitrogens is 1. The molecule has 1 aromatic heterocycles. The summed E-state index contributed by atoms with van der Waals surface area (Å²) in [5.41, 5.74) is 0.843. The second kappa shape index (κ2) is 10.4. The number of nitrogens with one attached hydrogen (secondary N) is 2. The number of rotatable bonds is 7. The van der Waals surface area contributed by atoms with Gasteiger partial charge in [0.05, 0.1) is 28.8 Å². The summed E-state index contributed by atoms with van der Waals surface area (Å²) < 4.78 is 32.2. The standard InChI is InChI=1S/C20H20ClN5O4S/c21-18-4-3-17(31(28,29)26-6-8-30-9-7-26)10-19(18)24-14-16(11-22)20(27)25-13-15-2-1-5-23-12-15/h1-5,10,12,14,24H,6-9,13H2,(H,25,27)/b16-14-. The molecule has 1 aromatic carbocycles. The first-order chi connectivity index (χ1) is 14.9. The van der Waals surface area contributed by atoms with Gasteiger partial charge in [-0.3, -0.25) is 9.78 Å². The number of sulfonamides is 1. The summed E-state index contributed by atoms with van der Waals surface area (Å²) in [5.74, 6) is -0.591. The van der Waals surface area contributed by atoms with Crippen LogP contribution in [0, 0.1) is 11.3 Å². The topological polar surface area (TPSA) is 124 Å². The Morgan fingerprint density at radius 3 is 2.77 bits per heavy atom. The first-order valence-corrected chi connectivity index (χ1v) is 11.1. The zero-order valence-electron chi connectivity index (χ0n) is 16.4. The van der Waals surface area contributed by atoms with Crippen molar-refractivity contribution in [1.82, 2.24) is 14.6 Å². The Morgan fingerprint density at radius 2 is 2.10 bits per heavy atom. The van der Waals surface area contributed by atoms with Gasteiger partial charge in [-0.1, -0.05) is 17.7 Å². The zero-order valence-corrected chi connectivity index (χ0v) is 18.0. The number of pyridine rings is 1. The molecule has 0 radical (unpaired) electrons. The number of benzene rings is 1. The summed E-state index contributed by atoms with van der Waals surface area (Å²) in [6.45, 7) is 1.41. The molecule has 3 rings (SSSR count). The average molecular weight is 462 g/mol. The third-order valence-electron chi connectivity index (χ3n) is 4.46. The molecule has 1 fully saturated rings. The molecule has 162 valence electrons. The van der Waals surface area contributed by atoms with Crippen LogP contribution >= 0.6 is 11.6 Å². The van der Waals surface area contributed by atoms with E-state index in [0.717, 1.165) is 5.56 Å². The molecule has 0 bridgehead atoms. The van der Waals surface area contributed by atoms with E-state index in [-0.39, 0.29) is 40.8 Å². The lowest BCUT2D eigenvalue weighted by molar-refractivity contribution is -0.117. The molecule has 0 aliphatic carbocycles. The molecular weight excluding hydrogens is 442 g/mol. The molecule has 1 amide bonds. The minimum Gasteiger partial charge on any atom is -0.379 e. The summed E-state index contributed by atoms with van der Waals surface area (Å²) in [5, 5.41) is 14.9. The quantitative estimate of drug-likeness (QED) is 0.476. The van der Waals surface area contributed by atoms with Gasteiger partial charge in [-0.15, -0.1) is 0 Å². The van der Waals surface area contributed by atoms with Crippen molar-refractivity contribution in [3.8, 4) is 6.07 Å². The predicted octanol–water partition coefficient (Wildman–Crippen LogP) is 1.89. The molecule has 1 aliphatic rings. The minimum atomic E-state index is -3.72. The summed E-state index contributed by atoms with van der Waals surface area (Å²) >= 11 is 6.17. The van der Waals surface area contributed by atoms with Crippen LogP contribution in [0.3, 0.4) is 0 Å². The lowest BCUT2D eigenvalue weighted by Gasteiger charge is -2.26. The van der Waals surface area contributed by atoms with E-state index in [0.29, 0.717) is 13.2 Å². The SMILES string of the molecule is N#C/C(=C/Nc1cc(S(=O)(=O)N2CCOCC2)ccc1Cl)C(=O)NCc1cccnc1. The molecule has 1 aliphatic heterocycles. The number of hydrogen-bond acceptors (Lipinski definition) is 7. The van der Waals surface area contributed by atoms with Crippen LogP contribution in [-0.4, -0.2) is 49.9 Å². The van der Waals surface area contributed by atoms with Crippen LogP contribution in [0.2, 0.25) is 5.02 Å². The number of halogens is 1. The molecular formula is C20H20ClN5O4S. The molecule has 31 heavy (non-hydrogen) atoms. The Bertz CT molecular complexity index is 1110. The zero-order chi connectivity index (χ0) is 22.3. The van der Waals surface area contributed by atoms with E-state index < -0.39 is 15.9 Å². The second-order valence-electron chi connectivity index (χ2n) is 6.52. The second-order valence-corrected chi connectivity index (χ2v) is 8.86. The van der Waals surface area contributed by atoms with Crippen molar-refractivity contribution >= 4 is 33.2 Å². The van der Waals surface area contributed by atoms with Crippen LogP contribution in [0.1, 0.15) is 5.56 Å². The monoisotopic (exact) mass is 461 g/mol. The number of ether oxygens (including phenoxy) is 1. The molecule has 11 heteroatoms. The number of nitriles is 1. The summed E-state index contributed by atoms with van der Waals surface area (Å²) in [6.07, 6.45) is 4.41. The predicted molar refractivity (Wildman–Crippen MR) is 114 cm³/mol. The fourth-order valence-electron chi connectivity index (χ4n) is 2.79. The fourth-order valence-corrected chi connectivity index (χ4v) is 4.40. The van der Waals surface area contributed by atoms with Gasteiger partial charge in [0.25, 0.3) is 5.91 Å². The van der Waals surface area contributed by atoms with Crippen LogP contribution in [0.4, 0.5) is 5.69 Å². The molecule has 1 saturated heterocycles. The maximum atomic E-state index is 12.8. The van der Waals surface area contributed by atoms with Crippen LogP contribution in [-0.2, 0) is 26.1 Å². The first kappa shape index (κ1) is 22.7. The molecule has 2 aromatic rings. The van der Waals surface area contributed by atoms with E-state index >= 15 is 0 Å². The third-order valence-corrected chi connectivity index (χ3v) is 6.68. The van der Waals surface area contributed by atoms with E-state index in [1.807, 2.05) is 6.07 Å². The highest BCUT2D eigenvalue weighted by molar-refractivity contribution is 7.89. The minimum absolute atomic E-state index is 0.0502. The Hall–Kier alpha value is -2.97. The van der Waals surface area contributed by atoms with Crippen LogP contribution in [0.15, 0.2) is 59.4 Å². The third kappa shape index (κ3) is 5.80. The lowest BCUT2D eigenvalue weighted by atomic mass is 10.2. The molecule has 9 nitrogen and oxygen atoms in total. The Labute approximate surface area is 185 Å². The van der Waals surface area contributed by atoms with Gasteiger partial charge >= 0.3 is 0 Å². The molecule has 0 saturated carbocycles. The number of anilines is 1. The van der Waals surface area contributed by atoms with Gasteiger partial charge < -0.3 is 15.4 Å². The maximum absolute atomic E-state index is 12.8. The van der Waals surface area contributed by atoms with Crippen molar-refractivity contribution < 1.29 is 17.9 Å². The van der Waals surface area contributed by atoms with E-state index in [2.05, 4.69) is 15.6 Å². The number of hydrogen-bond donors (Lipinski definition) is 2. The Morgan fingerprint density at radius 1 is 1.32 bits per heavy atom. The average Bonchev–Trinajstić information content (AvgIpc) is 2.80. The number of amides is 1. The van der Waals surface area contributed by atoms with Gasteiger partial charge in [-0.25, -0.2) is 8.42 Å². The first-order valence-electron chi connectivity index (χ1n) is 9.33. The number of carbonyl (C=O) groups is 1. The molecule has 2 heterocycles. The lowest BCUT2D eigenvalue weighted by Crippen LogP contribution is -2.40. The van der Waals surface area contributed by atoms with Crippen LogP contribution in [0.5, 0.6) is 0 Å². The fraction of sp³-hybridized carbons (Fsp3) is 0.250. The van der Waals surface area contributed by atoms with Crippen LogP contribution in [0.25, 0.3) is 0 Å². The highest BCUT2D eigenvalue weighted by Crippen LogP contribution is 2.27. The number of morpholine rings is 1. The van der Waals surface area contributed by atoms with Gasteiger partial charge in [-0.05, 0) is 29.8 Å². The highest BCUT2D eigenvalue weighted by atomic mass is 35.5. The summed E-state index contributed by atoms with van der Waals surface area (Å²) in [4.78, 5) is 16.3. The molecule has 0 spiro atoms. The van der Waals surface area contributed by atoms with E-state index in [1.165, 1.54) is 28.7 Å². The van der Waals surface area contributed by atoms with E-state index in [9.17, 15) is 18.5 Å². The Balaban J connectivity index is 1.73. The van der Waals surface area contributed by atoms with Gasteiger partial charge in [0, 0.05) is 38.2 Å². The van der Waals surface area contributed by atoms with Crippen molar-refractivity contribution in [3.05, 3.63) is 65.1 Å². The highest BCUT2D eigenvalue weighted by Gasteiger charge is 2.26.